The van der Waals surface area contributed by atoms with Gasteiger partial charge in [0.05, 0.1) is 17.2 Å². The van der Waals surface area contributed by atoms with Crippen LogP contribution in [0.1, 0.15) is 13.8 Å². The largest absolute Gasteiger partial charge is 0.303 e. The van der Waals surface area contributed by atoms with Crippen LogP contribution in [-0.4, -0.2) is 25.0 Å². The summed E-state index contributed by atoms with van der Waals surface area (Å²) in [6, 6.07) is 10.5. The predicted octanol–water partition coefficient (Wildman–Crippen LogP) is 3.45. The maximum absolute atomic E-state index is 13.1. The lowest BCUT2D eigenvalue weighted by molar-refractivity contribution is -0.120. The van der Waals surface area contributed by atoms with Crippen molar-refractivity contribution >= 4 is 61.9 Å². The Balaban J connectivity index is 2.11. The SMILES string of the molecule is [C-]#[N+]c1ccc(N2C(=O)C(C)(C)N(c3cccc(S(N)(=O)=O)c3)C2=S)cc1Cl. The third-order valence-corrected chi connectivity index (χ3v) is 5.96. The van der Waals surface area contributed by atoms with Gasteiger partial charge in [0.15, 0.2) is 5.11 Å². The van der Waals surface area contributed by atoms with Crippen LogP contribution < -0.4 is 14.9 Å². The fourth-order valence-electron chi connectivity index (χ4n) is 2.98. The maximum Gasteiger partial charge on any atom is 0.259 e. The summed E-state index contributed by atoms with van der Waals surface area (Å²) in [6.45, 7) is 10.5. The first-order valence-corrected chi connectivity index (χ1v) is 10.3. The summed E-state index contributed by atoms with van der Waals surface area (Å²) in [4.78, 5) is 19.2. The minimum absolute atomic E-state index is 0.0843. The molecule has 10 heteroatoms. The van der Waals surface area contributed by atoms with E-state index >= 15 is 0 Å². The zero-order valence-electron chi connectivity index (χ0n) is 14.9. The molecule has 0 aromatic heterocycles. The summed E-state index contributed by atoms with van der Waals surface area (Å²) < 4.78 is 23.4. The molecule has 1 saturated heterocycles. The zero-order valence-corrected chi connectivity index (χ0v) is 17.3. The standard InChI is InChI=1S/C18H15ClN4O3S2/c1-18(2)16(24)22(11-7-8-15(21-3)14(19)10-11)17(27)23(18)12-5-4-6-13(9-12)28(20,25)26/h4-10H,1-2H3,(H2,20,25,26). The number of nitrogens with zero attached hydrogens (tertiary/aromatic N) is 3. The van der Waals surface area contributed by atoms with Crippen LogP contribution in [0.4, 0.5) is 17.1 Å². The van der Waals surface area contributed by atoms with Crippen molar-refractivity contribution in [3.8, 4) is 0 Å². The molecule has 1 aliphatic rings. The minimum Gasteiger partial charge on any atom is -0.303 e. The van der Waals surface area contributed by atoms with Gasteiger partial charge in [0, 0.05) is 10.7 Å². The molecule has 1 heterocycles. The molecule has 2 aromatic carbocycles. The van der Waals surface area contributed by atoms with Crippen molar-refractivity contribution in [1.82, 2.24) is 0 Å². The van der Waals surface area contributed by atoms with Crippen LogP contribution >= 0.6 is 23.8 Å². The molecule has 0 spiro atoms. The van der Waals surface area contributed by atoms with Crippen LogP contribution in [0.2, 0.25) is 5.02 Å². The van der Waals surface area contributed by atoms with E-state index in [9.17, 15) is 13.2 Å². The van der Waals surface area contributed by atoms with Crippen LogP contribution in [-0.2, 0) is 14.8 Å². The number of thiocarbonyl (C=S) groups is 1. The Morgan fingerprint density at radius 1 is 1.18 bits per heavy atom. The third-order valence-electron chi connectivity index (χ3n) is 4.38. The number of carbonyl (C=O) groups is 1. The van der Waals surface area contributed by atoms with Crippen molar-refractivity contribution in [3.63, 3.8) is 0 Å². The molecule has 1 aliphatic heterocycles. The quantitative estimate of drug-likeness (QED) is 0.590. The molecule has 3 rings (SSSR count). The summed E-state index contributed by atoms with van der Waals surface area (Å²) in [7, 11) is -3.92. The van der Waals surface area contributed by atoms with Gasteiger partial charge in [-0.15, -0.1) is 0 Å². The predicted molar refractivity (Wildman–Crippen MR) is 112 cm³/mol. The van der Waals surface area contributed by atoms with Crippen molar-refractivity contribution in [2.24, 2.45) is 5.14 Å². The van der Waals surface area contributed by atoms with Crippen LogP contribution in [0, 0.1) is 6.57 Å². The Labute approximate surface area is 173 Å². The molecule has 7 nitrogen and oxygen atoms in total. The fraction of sp³-hybridized carbons (Fsp3) is 0.167. The molecule has 0 aliphatic carbocycles. The monoisotopic (exact) mass is 434 g/mol. The molecular weight excluding hydrogens is 420 g/mol. The second kappa shape index (κ2) is 6.83. The van der Waals surface area contributed by atoms with Gasteiger partial charge in [-0.25, -0.2) is 18.4 Å². The number of amides is 1. The molecule has 1 amide bonds. The Morgan fingerprint density at radius 2 is 1.86 bits per heavy atom. The molecule has 0 atom stereocenters. The number of sulfonamides is 1. The van der Waals surface area contributed by atoms with E-state index in [1.807, 2.05) is 0 Å². The van der Waals surface area contributed by atoms with Gasteiger partial charge in [-0.1, -0.05) is 23.7 Å². The van der Waals surface area contributed by atoms with Crippen LogP contribution in [0.15, 0.2) is 47.4 Å². The highest BCUT2D eigenvalue weighted by Gasteiger charge is 2.50. The topological polar surface area (TPSA) is 88.1 Å². The van der Waals surface area contributed by atoms with Crippen molar-refractivity contribution < 1.29 is 13.2 Å². The third kappa shape index (κ3) is 3.25. The van der Waals surface area contributed by atoms with E-state index in [-0.39, 0.29) is 26.6 Å². The highest BCUT2D eigenvalue weighted by molar-refractivity contribution is 7.89. The summed E-state index contributed by atoms with van der Waals surface area (Å²) >= 11 is 11.6. The van der Waals surface area contributed by atoms with Gasteiger partial charge in [0.1, 0.15) is 5.54 Å². The smallest absolute Gasteiger partial charge is 0.259 e. The van der Waals surface area contributed by atoms with Gasteiger partial charge in [-0.2, -0.15) is 0 Å². The van der Waals surface area contributed by atoms with E-state index in [2.05, 4.69) is 4.85 Å². The van der Waals surface area contributed by atoms with E-state index in [0.717, 1.165) is 0 Å². The van der Waals surface area contributed by atoms with E-state index in [4.69, 9.17) is 35.5 Å². The van der Waals surface area contributed by atoms with Gasteiger partial charge in [-0.05, 0) is 56.4 Å². The first kappa shape index (κ1) is 20.2. The lowest BCUT2D eigenvalue weighted by Crippen LogP contribution is -2.44. The van der Waals surface area contributed by atoms with Gasteiger partial charge in [0.2, 0.25) is 15.7 Å². The number of nitrogens with two attached hydrogens (primary N) is 1. The number of benzene rings is 2. The highest BCUT2D eigenvalue weighted by Crippen LogP contribution is 2.38. The fourth-order valence-corrected chi connectivity index (χ4v) is 4.27. The number of anilines is 2. The normalized spacial score (nSPS) is 16.4. The number of hydrogen-bond donors (Lipinski definition) is 1. The second-order valence-electron chi connectivity index (χ2n) is 6.61. The van der Waals surface area contributed by atoms with Gasteiger partial charge in [-0.3, -0.25) is 9.69 Å². The van der Waals surface area contributed by atoms with Gasteiger partial charge >= 0.3 is 0 Å². The zero-order chi connectivity index (χ0) is 20.9. The molecule has 2 N–H and O–H groups in total. The van der Waals surface area contributed by atoms with E-state index < -0.39 is 15.6 Å². The number of hydrogen-bond acceptors (Lipinski definition) is 4. The highest BCUT2D eigenvalue weighted by atomic mass is 35.5. The molecule has 2 aromatic rings. The van der Waals surface area contributed by atoms with Gasteiger partial charge in [0.25, 0.3) is 5.91 Å². The molecule has 0 radical (unpaired) electrons. The molecule has 144 valence electrons. The van der Waals surface area contributed by atoms with Gasteiger partial charge < -0.3 is 4.90 Å². The van der Waals surface area contributed by atoms with Crippen molar-refractivity contribution in [2.45, 2.75) is 24.3 Å². The molecule has 0 unspecified atom stereocenters. The van der Waals surface area contributed by atoms with E-state index in [1.54, 1.807) is 30.9 Å². The van der Waals surface area contributed by atoms with Crippen LogP contribution in [0.5, 0.6) is 0 Å². The average Bonchev–Trinajstić information content (AvgIpc) is 2.79. The number of halogens is 1. The summed E-state index contributed by atoms with van der Waals surface area (Å²) in [6.07, 6.45) is 0. The summed E-state index contributed by atoms with van der Waals surface area (Å²) in [5.41, 5.74) is 0.0192. The van der Waals surface area contributed by atoms with E-state index in [0.29, 0.717) is 11.4 Å². The number of carbonyl (C=O) groups excluding carboxylic acids is 1. The minimum atomic E-state index is -3.92. The molecule has 0 bridgehead atoms. The Morgan fingerprint density at radius 3 is 2.43 bits per heavy atom. The molecule has 1 fully saturated rings. The van der Waals surface area contributed by atoms with Crippen molar-refractivity contribution in [2.75, 3.05) is 9.80 Å². The Bertz CT molecular complexity index is 1160. The maximum atomic E-state index is 13.1. The summed E-state index contributed by atoms with van der Waals surface area (Å²) in [5, 5.41) is 5.59. The van der Waals surface area contributed by atoms with E-state index in [1.165, 1.54) is 35.2 Å². The molecule has 28 heavy (non-hydrogen) atoms. The van der Waals surface area contributed by atoms with Crippen LogP contribution in [0.3, 0.4) is 0 Å². The molecule has 0 saturated carbocycles. The second-order valence-corrected chi connectivity index (χ2v) is 8.94. The summed E-state index contributed by atoms with van der Waals surface area (Å²) in [5.74, 6) is -0.315. The number of primary sulfonamides is 1. The first-order chi connectivity index (χ1) is 13.0. The lowest BCUT2D eigenvalue weighted by Gasteiger charge is -2.29. The lowest BCUT2D eigenvalue weighted by atomic mass is 10.0. The van der Waals surface area contributed by atoms with Crippen molar-refractivity contribution in [3.05, 3.63) is 58.9 Å². The Kier molecular flexibility index (Phi) is 4.93. The first-order valence-electron chi connectivity index (χ1n) is 7.97. The van der Waals surface area contributed by atoms with Crippen molar-refractivity contribution in [1.29, 1.82) is 0 Å². The van der Waals surface area contributed by atoms with Crippen LogP contribution in [0.25, 0.3) is 4.85 Å². The average molecular weight is 435 g/mol. The number of rotatable bonds is 3. The Hall–Kier alpha value is -2.51. The molecular formula is C18H15ClN4O3S2.